The highest BCUT2D eigenvalue weighted by Gasteiger charge is 2.45. The lowest BCUT2D eigenvalue weighted by Gasteiger charge is -2.39. The van der Waals surface area contributed by atoms with Crippen LogP contribution in [-0.4, -0.2) is 91.0 Å². The molecule has 5 rings (SSSR count). The molecule has 0 radical (unpaired) electrons. The number of amidine groups is 1. The van der Waals surface area contributed by atoms with E-state index in [9.17, 15) is 14.9 Å². The summed E-state index contributed by atoms with van der Waals surface area (Å²) in [5.41, 5.74) is 1.92. The Morgan fingerprint density at radius 3 is 2.12 bits per heavy atom. The summed E-state index contributed by atoms with van der Waals surface area (Å²) in [7, 11) is 3.02. The number of rotatable bonds is 9. The highest BCUT2D eigenvalue weighted by atomic mass is 35.5. The van der Waals surface area contributed by atoms with Crippen LogP contribution < -0.4 is 4.74 Å². The number of nitriles is 1. The first-order valence-corrected chi connectivity index (χ1v) is 17.1. The molecule has 3 aromatic carbocycles. The van der Waals surface area contributed by atoms with Crippen LogP contribution in [0.4, 0.5) is 4.79 Å². The van der Waals surface area contributed by atoms with Crippen molar-refractivity contribution in [1.82, 2.24) is 19.8 Å². The molecule has 0 unspecified atom stereocenters. The number of carbonyl (C=O) groups is 2. The molecule has 2 aliphatic rings. The third kappa shape index (κ3) is 7.82. The van der Waals surface area contributed by atoms with Gasteiger partial charge in [-0.05, 0) is 73.9 Å². The van der Waals surface area contributed by atoms with Gasteiger partial charge in [0.1, 0.15) is 17.6 Å². The number of urea groups is 1. The molecule has 13 heteroatoms. The fourth-order valence-electron chi connectivity index (χ4n) is 6.04. The maximum Gasteiger partial charge on any atom is 0.326 e. The fraction of sp³-hybridized carbons (Fsp3) is 0.389. The molecule has 1 fully saturated rings. The molecule has 1 saturated heterocycles. The zero-order valence-electron chi connectivity index (χ0n) is 28.1. The van der Waals surface area contributed by atoms with Crippen molar-refractivity contribution in [2.45, 2.75) is 38.3 Å². The van der Waals surface area contributed by atoms with Crippen molar-refractivity contribution in [3.63, 3.8) is 0 Å². The number of hydrogen-bond donors (Lipinski definition) is 0. The number of amides is 3. The number of aliphatic imine (C=N–C) groups is 1. The smallest absolute Gasteiger partial charge is 0.326 e. The zero-order chi connectivity index (χ0) is 35.5. The highest BCUT2D eigenvalue weighted by Crippen LogP contribution is 2.46. The van der Waals surface area contributed by atoms with E-state index in [2.05, 4.69) is 6.07 Å². The maximum atomic E-state index is 14.9. The van der Waals surface area contributed by atoms with Gasteiger partial charge in [0.05, 0.1) is 43.4 Å². The van der Waals surface area contributed by atoms with Gasteiger partial charge in [-0.2, -0.15) is 5.26 Å². The second-order valence-electron chi connectivity index (χ2n) is 12.4. The minimum absolute atomic E-state index is 0.173. The summed E-state index contributed by atoms with van der Waals surface area (Å²) >= 11 is 19.5. The van der Waals surface area contributed by atoms with Gasteiger partial charge in [-0.1, -0.05) is 59.1 Å². The highest BCUT2D eigenvalue weighted by molar-refractivity contribution is 6.32. The van der Waals surface area contributed by atoms with Crippen LogP contribution in [0.25, 0.3) is 0 Å². The molecule has 0 N–H and O–H groups in total. The Labute approximate surface area is 302 Å². The lowest BCUT2D eigenvalue weighted by Crippen LogP contribution is -2.55. The molecule has 258 valence electrons. The summed E-state index contributed by atoms with van der Waals surface area (Å²) < 4.78 is 6.16. The largest absolute Gasteiger partial charge is 0.493 e. The van der Waals surface area contributed by atoms with Crippen LogP contribution >= 0.6 is 34.8 Å². The molecule has 0 aliphatic carbocycles. The van der Waals surface area contributed by atoms with E-state index >= 15 is 0 Å². The van der Waals surface area contributed by atoms with Crippen molar-refractivity contribution in [2.24, 2.45) is 4.99 Å². The second kappa shape index (κ2) is 15.4. The van der Waals surface area contributed by atoms with Crippen molar-refractivity contribution in [1.29, 1.82) is 5.26 Å². The van der Waals surface area contributed by atoms with Crippen molar-refractivity contribution in [2.75, 3.05) is 53.5 Å². The van der Waals surface area contributed by atoms with E-state index < -0.39 is 17.5 Å². The van der Waals surface area contributed by atoms with Crippen molar-refractivity contribution in [3.05, 3.63) is 98.0 Å². The van der Waals surface area contributed by atoms with Crippen LogP contribution in [0.3, 0.4) is 0 Å². The predicted molar refractivity (Wildman–Crippen MR) is 191 cm³/mol. The van der Waals surface area contributed by atoms with Gasteiger partial charge in [-0.3, -0.25) is 24.4 Å². The van der Waals surface area contributed by atoms with E-state index in [0.717, 1.165) is 11.1 Å². The van der Waals surface area contributed by atoms with E-state index in [1.807, 2.05) is 36.1 Å². The van der Waals surface area contributed by atoms with E-state index in [0.29, 0.717) is 70.6 Å². The van der Waals surface area contributed by atoms with Gasteiger partial charge in [-0.15, -0.1) is 0 Å². The SMILES string of the molecule is CCOc1cc(C(C)(C)C#N)c(Cl)cc1C1=N[C@@H](c2ccc(Cl)cc2)[C@@H](c2ccc(Cl)cc2)N1C(=O)N1CCN(CC(=O)N(C)OC)CC1. The van der Waals surface area contributed by atoms with Crippen molar-refractivity contribution >= 4 is 52.6 Å². The average molecular weight is 726 g/mol. The first-order valence-electron chi connectivity index (χ1n) is 16.0. The number of benzene rings is 3. The number of piperazine rings is 1. The molecule has 10 nitrogen and oxygen atoms in total. The summed E-state index contributed by atoms with van der Waals surface area (Å²) in [5, 5.41) is 12.6. The Morgan fingerprint density at radius 1 is 0.980 bits per heavy atom. The number of hydrogen-bond acceptors (Lipinski definition) is 7. The fourth-order valence-corrected chi connectivity index (χ4v) is 6.69. The molecule has 0 bridgehead atoms. The Hall–Kier alpha value is -3.85. The number of hydroxylamine groups is 2. The second-order valence-corrected chi connectivity index (χ2v) is 13.7. The first kappa shape index (κ1) is 36.4. The van der Waals surface area contributed by atoms with Gasteiger partial charge in [0.2, 0.25) is 0 Å². The third-order valence-corrected chi connectivity index (χ3v) is 9.70. The summed E-state index contributed by atoms with van der Waals surface area (Å²) in [5.74, 6) is 0.670. The molecule has 2 atom stereocenters. The Balaban J connectivity index is 1.62. The lowest BCUT2D eigenvalue weighted by atomic mass is 9.85. The summed E-state index contributed by atoms with van der Waals surface area (Å²) in [6, 6.07) is 19.3. The van der Waals surface area contributed by atoms with Crippen molar-refractivity contribution < 1.29 is 19.2 Å². The predicted octanol–water partition coefficient (Wildman–Crippen LogP) is 7.15. The van der Waals surface area contributed by atoms with Crippen LogP contribution in [0.15, 0.2) is 65.7 Å². The molecule has 3 amide bonds. The standard InChI is InChI=1S/C36H39Cl3N6O4/c1-6-49-30-20-28(36(2,3)22-40)29(39)19-27(30)34-41-32(23-7-11-25(37)12-8-23)33(24-9-13-26(38)14-10-24)45(34)35(47)44-17-15-43(16-18-44)21-31(46)42(4)48-5/h7-14,19-20,32-33H,6,15-18,21H2,1-5H3/t32-,33+/m0/s1. The van der Waals surface area contributed by atoms with E-state index in [-0.39, 0.29) is 18.5 Å². The van der Waals surface area contributed by atoms with Gasteiger partial charge in [0, 0.05) is 48.3 Å². The molecule has 0 saturated carbocycles. The molecule has 2 aliphatic heterocycles. The number of carbonyl (C=O) groups excluding carboxylic acids is 2. The molecular formula is C36H39Cl3N6O4. The van der Waals surface area contributed by atoms with Crippen LogP contribution in [0.2, 0.25) is 15.1 Å². The Kier molecular flexibility index (Phi) is 11.4. The van der Waals surface area contributed by atoms with Gasteiger partial charge in [-0.25, -0.2) is 9.86 Å². The molecule has 0 spiro atoms. The normalized spacial score (nSPS) is 18.2. The quantitative estimate of drug-likeness (QED) is 0.217. The monoisotopic (exact) mass is 724 g/mol. The number of ether oxygens (including phenoxy) is 1. The average Bonchev–Trinajstić information content (AvgIpc) is 3.49. The van der Waals surface area contributed by atoms with Crippen LogP contribution in [0.5, 0.6) is 5.75 Å². The number of nitrogens with zero attached hydrogens (tertiary/aromatic N) is 6. The molecule has 3 aromatic rings. The minimum Gasteiger partial charge on any atom is -0.493 e. The van der Waals surface area contributed by atoms with Gasteiger partial charge in [0.15, 0.2) is 0 Å². The number of halogens is 3. The maximum absolute atomic E-state index is 14.9. The van der Waals surface area contributed by atoms with Crippen LogP contribution in [-0.2, 0) is 15.0 Å². The van der Waals surface area contributed by atoms with Gasteiger partial charge in [0.25, 0.3) is 5.91 Å². The third-order valence-electron chi connectivity index (χ3n) is 8.89. The summed E-state index contributed by atoms with van der Waals surface area (Å²) in [6.07, 6.45) is 0. The number of likely N-dealkylation sites (N-methyl/N-ethyl adjacent to an activating group) is 1. The molecule has 0 aromatic heterocycles. The van der Waals surface area contributed by atoms with Crippen LogP contribution in [0.1, 0.15) is 55.1 Å². The molecule has 49 heavy (non-hydrogen) atoms. The van der Waals surface area contributed by atoms with E-state index in [4.69, 9.17) is 49.4 Å². The van der Waals surface area contributed by atoms with Gasteiger partial charge < -0.3 is 9.64 Å². The van der Waals surface area contributed by atoms with Crippen molar-refractivity contribution in [3.8, 4) is 11.8 Å². The molecular weight excluding hydrogens is 687 g/mol. The first-order chi connectivity index (χ1) is 23.4. The Bertz CT molecular complexity index is 1750. The van der Waals surface area contributed by atoms with E-state index in [1.165, 1.54) is 12.2 Å². The summed E-state index contributed by atoms with van der Waals surface area (Å²) in [6.45, 7) is 7.73. The topological polar surface area (TPSA) is 102 Å². The Morgan fingerprint density at radius 2 is 1.57 bits per heavy atom. The molecule has 2 heterocycles. The minimum atomic E-state index is -0.898. The van der Waals surface area contributed by atoms with E-state index in [1.54, 1.807) is 67.1 Å². The van der Waals surface area contributed by atoms with Gasteiger partial charge >= 0.3 is 6.03 Å². The lowest BCUT2D eigenvalue weighted by molar-refractivity contribution is -0.170. The zero-order valence-corrected chi connectivity index (χ0v) is 30.4. The van der Waals surface area contributed by atoms with Crippen LogP contribution in [0, 0.1) is 11.3 Å². The summed E-state index contributed by atoms with van der Waals surface area (Å²) in [4.78, 5) is 43.1.